The summed E-state index contributed by atoms with van der Waals surface area (Å²) in [6, 6.07) is 21.6. The van der Waals surface area contributed by atoms with Crippen molar-refractivity contribution in [1.29, 1.82) is 0 Å². The van der Waals surface area contributed by atoms with Crippen LogP contribution < -0.4 is 14.9 Å². The summed E-state index contributed by atoms with van der Waals surface area (Å²) < 4.78 is 13.7. The smallest absolute Gasteiger partial charge is 0.390 e. The van der Waals surface area contributed by atoms with E-state index in [0.29, 0.717) is 45.9 Å². The van der Waals surface area contributed by atoms with Crippen molar-refractivity contribution < 1.29 is 19.2 Å². The molecule has 0 aliphatic rings. The number of methoxy groups -OCH3 is 1. The largest absolute Gasteiger partial charge is 0.493 e. The van der Waals surface area contributed by atoms with E-state index in [4.69, 9.17) is 9.47 Å². The van der Waals surface area contributed by atoms with Gasteiger partial charge in [-0.3, -0.25) is 4.79 Å². The molecule has 194 valence electrons. The summed E-state index contributed by atoms with van der Waals surface area (Å²) >= 11 is 3.52. The number of nitrogens with one attached hydrogen (secondary N) is 1. The number of hydrogen-bond donors (Lipinski definition) is 1. The number of amides is 1. The quantitative estimate of drug-likeness (QED) is 0.156. The maximum atomic E-state index is 12.5. The third-order valence-electron chi connectivity index (χ3n) is 5.56. The zero-order valence-electron chi connectivity index (χ0n) is 20.6. The Kier molecular flexibility index (Phi) is 8.49. The van der Waals surface area contributed by atoms with Crippen LogP contribution in [-0.2, 0) is 13.2 Å². The van der Waals surface area contributed by atoms with E-state index < -0.39 is 4.92 Å². The zero-order valence-corrected chi connectivity index (χ0v) is 22.2. The summed E-state index contributed by atoms with van der Waals surface area (Å²) in [7, 11) is 1.55. The Morgan fingerprint density at radius 1 is 1.13 bits per heavy atom. The first kappa shape index (κ1) is 26.6. The van der Waals surface area contributed by atoms with Crippen molar-refractivity contribution in [1.82, 2.24) is 15.2 Å². The molecule has 0 aliphatic heterocycles. The minimum absolute atomic E-state index is 0.199. The number of nitrogens with zero attached hydrogens (tertiary/aromatic N) is 4. The zero-order chi connectivity index (χ0) is 27.1. The van der Waals surface area contributed by atoms with Crippen molar-refractivity contribution in [3.05, 3.63) is 115 Å². The first-order chi connectivity index (χ1) is 18.3. The highest BCUT2D eigenvalue weighted by Crippen LogP contribution is 2.36. The highest BCUT2D eigenvalue weighted by Gasteiger charge is 2.16. The molecule has 0 saturated carbocycles. The van der Waals surface area contributed by atoms with E-state index in [1.165, 1.54) is 12.3 Å². The number of rotatable bonds is 10. The average Bonchev–Trinajstić information content (AvgIpc) is 3.29. The molecule has 3 aromatic carbocycles. The molecule has 11 heteroatoms. The van der Waals surface area contributed by atoms with Crippen molar-refractivity contribution in [2.75, 3.05) is 7.11 Å². The summed E-state index contributed by atoms with van der Waals surface area (Å²) in [4.78, 5) is 22.9. The molecular weight excluding hydrogens is 554 g/mol. The molecule has 4 aromatic rings. The number of hydrogen-bond acceptors (Lipinski definition) is 7. The normalized spacial score (nSPS) is 10.9. The van der Waals surface area contributed by atoms with Crippen LogP contribution in [-0.4, -0.2) is 33.9 Å². The van der Waals surface area contributed by atoms with E-state index in [1.54, 1.807) is 49.0 Å². The summed E-state index contributed by atoms with van der Waals surface area (Å²) in [5.74, 6) is 0.511. The Morgan fingerprint density at radius 2 is 1.87 bits per heavy atom. The number of aromatic nitrogens is 2. The summed E-state index contributed by atoms with van der Waals surface area (Å²) in [6.07, 6.45) is 1.51. The topological polar surface area (TPSA) is 121 Å². The van der Waals surface area contributed by atoms with Crippen LogP contribution in [0.2, 0.25) is 0 Å². The van der Waals surface area contributed by atoms with Crippen LogP contribution in [0.5, 0.6) is 11.5 Å². The molecule has 4 rings (SSSR count). The molecule has 1 heterocycles. The van der Waals surface area contributed by atoms with Gasteiger partial charge in [0.05, 0.1) is 41.2 Å². The van der Waals surface area contributed by atoms with E-state index in [-0.39, 0.29) is 11.7 Å². The van der Waals surface area contributed by atoms with Gasteiger partial charge in [-0.2, -0.15) is 9.78 Å². The number of ether oxygens (including phenoxy) is 2. The van der Waals surface area contributed by atoms with Gasteiger partial charge in [0.25, 0.3) is 5.91 Å². The van der Waals surface area contributed by atoms with Crippen molar-refractivity contribution in [2.24, 2.45) is 5.10 Å². The summed E-state index contributed by atoms with van der Waals surface area (Å²) in [5.41, 5.74) is 6.17. The van der Waals surface area contributed by atoms with Crippen molar-refractivity contribution in [3.63, 3.8) is 0 Å². The number of carbonyl (C=O) groups is 1. The fraction of sp³-hybridized carbons (Fsp3) is 0.148. The van der Waals surface area contributed by atoms with Gasteiger partial charge in [0.1, 0.15) is 6.61 Å². The van der Waals surface area contributed by atoms with E-state index >= 15 is 0 Å². The van der Waals surface area contributed by atoms with Crippen molar-refractivity contribution >= 4 is 33.9 Å². The molecule has 0 unspecified atom stereocenters. The SMILES string of the molecule is COc1cc(/C=N/NC(=O)c2ccc(Cn3nc([N+](=O)[O-])cc3C)cc2)cc(Br)c1OCc1ccccc1. The summed E-state index contributed by atoms with van der Waals surface area (Å²) in [5, 5.41) is 19.0. The number of nitro groups is 1. The standard InChI is InChI=1S/C27H24BrN5O5/c1-18-12-25(33(35)36)31-32(18)16-19-8-10-22(11-9-19)27(34)30-29-15-21-13-23(28)26(24(14-21)37-2)38-17-20-6-4-3-5-7-20/h3-15H,16-17H2,1-2H3,(H,30,34)/b29-15+. The molecule has 0 saturated heterocycles. The molecule has 1 aromatic heterocycles. The predicted molar refractivity (Wildman–Crippen MR) is 146 cm³/mol. The Labute approximate surface area is 227 Å². The molecule has 0 spiro atoms. The highest BCUT2D eigenvalue weighted by molar-refractivity contribution is 9.10. The minimum Gasteiger partial charge on any atom is -0.493 e. The van der Waals surface area contributed by atoms with Gasteiger partial charge in [-0.25, -0.2) is 5.43 Å². The maximum absolute atomic E-state index is 12.5. The lowest BCUT2D eigenvalue weighted by Gasteiger charge is -2.13. The number of aryl methyl sites for hydroxylation is 1. The first-order valence-electron chi connectivity index (χ1n) is 11.5. The van der Waals surface area contributed by atoms with Gasteiger partial charge >= 0.3 is 5.82 Å². The number of hydrazone groups is 1. The third kappa shape index (κ3) is 6.62. The predicted octanol–water partition coefficient (Wildman–Crippen LogP) is 5.26. The maximum Gasteiger partial charge on any atom is 0.390 e. The molecular formula is C27H24BrN5O5. The van der Waals surface area contributed by atoms with Gasteiger partial charge in [-0.05, 0) is 68.7 Å². The lowest BCUT2D eigenvalue weighted by Crippen LogP contribution is -2.17. The molecule has 0 bridgehead atoms. The molecule has 1 amide bonds. The summed E-state index contributed by atoms with van der Waals surface area (Å²) in [6.45, 7) is 2.49. The van der Waals surface area contributed by atoms with Crippen LogP contribution in [0, 0.1) is 17.0 Å². The van der Waals surface area contributed by atoms with Crippen LogP contribution >= 0.6 is 15.9 Å². The van der Waals surface area contributed by atoms with Gasteiger partial charge in [-0.1, -0.05) is 42.5 Å². The Morgan fingerprint density at radius 3 is 2.53 bits per heavy atom. The molecule has 10 nitrogen and oxygen atoms in total. The average molecular weight is 578 g/mol. The molecule has 38 heavy (non-hydrogen) atoms. The molecule has 0 fully saturated rings. The number of benzene rings is 3. The third-order valence-corrected chi connectivity index (χ3v) is 6.15. The Balaban J connectivity index is 1.36. The van der Waals surface area contributed by atoms with Crippen LogP contribution in [0.4, 0.5) is 5.82 Å². The van der Waals surface area contributed by atoms with E-state index in [0.717, 1.165) is 11.1 Å². The van der Waals surface area contributed by atoms with E-state index in [9.17, 15) is 14.9 Å². The Bertz CT molecular complexity index is 1470. The van der Waals surface area contributed by atoms with Gasteiger partial charge in [0.15, 0.2) is 11.5 Å². The lowest BCUT2D eigenvalue weighted by atomic mass is 10.1. The lowest BCUT2D eigenvalue weighted by molar-refractivity contribution is -0.389. The second kappa shape index (κ2) is 12.2. The van der Waals surface area contributed by atoms with Gasteiger partial charge in [0.2, 0.25) is 0 Å². The van der Waals surface area contributed by atoms with Crippen LogP contribution in [0.3, 0.4) is 0 Å². The van der Waals surface area contributed by atoms with E-state index in [2.05, 4.69) is 31.6 Å². The van der Waals surface area contributed by atoms with Crippen LogP contribution in [0.25, 0.3) is 0 Å². The van der Waals surface area contributed by atoms with Gasteiger partial charge in [0, 0.05) is 5.56 Å². The monoisotopic (exact) mass is 577 g/mol. The Hall–Kier alpha value is -4.51. The van der Waals surface area contributed by atoms with Crippen LogP contribution in [0.1, 0.15) is 32.7 Å². The molecule has 0 aliphatic carbocycles. The molecule has 1 N–H and O–H groups in total. The molecule has 0 radical (unpaired) electrons. The fourth-order valence-corrected chi connectivity index (χ4v) is 4.16. The van der Waals surface area contributed by atoms with Crippen molar-refractivity contribution in [2.45, 2.75) is 20.1 Å². The van der Waals surface area contributed by atoms with Gasteiger partial charge in [-0.15, -0.1) is 0 Å². The molecule has 0 atom stereocenters. The van der Waals surface area contributed by atoms with E-state index in [1.807, 2.05) is 36.4 Å². The minimum atomic E-state index is -0.527. The number of carbonyl (C=O) groups excluding carboxylic acids is 1. The first-order valence-corrected chi connectivity index (χ1v) is 12.3. The van der Waals surface area contributed by atoms with Crippen molar-refractivity contribution in [3.8, 4) is 11.5 Å². The van der Waals surface area contributed by atoms with Gasteiger partial charge < -0.3 is 19.6 Å². The fourth-order valence-electron chi connectivity index (χ4n) is 3.59. The number of halogens is 1. The highest BCUT2D eigenvalue weighted by atomic mass is 79.9. The second-order valence-electron chi connectivity index (χ2n) is 8.26. The second-order valence-corrected chi connectivity index (χ2v) is 9.12. The van der Waals surface area contributed by atoms with Crippen LogP contribution in [0.15, 0.2) is 82.4 Å².